The lowest BCUT2D eigenvalue weighted by Crippen LogP contribution is -2.05. The Balaban J connectivity index is 1.87. The third-order valence-corrected chi connectivity index (χ3v) is 3.00. The van der Waals surface area contributed by atoms with Crippen molar-refractivity contribution in [2.45, 2.75) is 26.4 Å². The molecule has 2 N–H and O–H groups in total. The van der Waals surface area contributed by atoms with Crippen LogP contribution in [0, 0.1) is 6.92 Å². The smallest absolute Gasteiger partial charge is 0.137 e. The van der Waals surface area contributed by atoms with E-state index in [1.54, 1.807) is 4.68 Å². The zero-order chi connectivity index (χ0) is 13.4. The first kappa shape index (κ1) is 11.9. The first-order chi connectivity index (χ1) is 9.11. The van der Waals surface area contributed by atoms with Crippen LogP contribution in [0.15, 0.2) is 30.7 Å². The first-order valence-corrected chi connectivity index (χ1v) is 6.21. The molecule has 19 heavy (non-hydrogen) atoms. The second kappa shape index (κ2) is 4.47. The highest BCUT2D eigenvalue weighted by Gasteiger charge is 2.07. The summed E-state index contributed by atoms with van der Waals surface area (Å²) in [5.74, 6) is 0. The van der Waals surface area contributed by atoms with Crippen LogP contribution in [0.2, 0.25) is 0 Å². The molecule has 0 saturated heterocycles. The summed E-state index contributed by atoms with van der Waals surface area (Å²) < 4.78 is 3.78. The van der Waals surface area contributed by atoms with Gasteiger partial charge in [0.25, 0.3) is 0 Å². The molecule has 0 aliphatic carbocycles. The second-order valence-corrected chi connectivity index (χ2v) is 4.83. The van der Waals surface area contributed by atoms with Crippen molar-refractivity contribution in [3.63, 3.8) is 0 Å². The number of hydrogen-bond acceptors (Lipinski definition) is 4. The van der Waals surface area contributed by atoms with Gasteiger partial charge in [-0.3, -0.25) is 0 Å². The molecule has 0 spiro atoms. The number of nitrogens with two attached hydrogens (primary N) is 1. The third-order valence-electron chi connectivity index (χ3n) is 3.00. The van der Waals surface area contributed by atoms with Crippen molar-refractivity contribution in [1.82, 2.24) is 24.4 Å². The molecular formula is C13H16N6. The van der Waals surface area contributed by atoms with E-state index in [0.717, 1.165) is 17.0 Å². The molecule has 1 atom stereocenters. The van der Waals surface area contributed by atoms with Gasteiger partial charge in [-0.1, -0.05) is 11.3 Å². The number of pyridine rings is 1. The summed E-state index contributed by atoms with van der Waals surface area (Å²) in [5, 5.41) is 8.09. The molecule has 0 aliphatic heterocycles. The lowest BCUT2D eigenvalue weighted by atomic mass is 10.3. The molecule has 3 heterocycles. The minimum Gasteiger partial charge on any atom is -0.323 e. The zero-order valence-corrected chi connectivity index (χ0v) is 11.0. The van der Waals surface area contributed by atoms with Crippen LogP contribution < -0.4 is 5.73 Å². The van der Waals surface area contributed by atoms with Gasteiger partial charge in [0.05, 0.1) is 24.1 Å². The topological polar surface area (TPSA) is 74.0 Å². The Hall–Kier alpha value is -2.21. The predicted molar refractivity (Wildman–Crippen MR) is 71.7 cm³/mol. The van der Waals surface area contributed by atoms with E-state index in [1.807, 2.05) is 29.8 Å². The van der Waals surface area contributed by atoms with E-state index < -0.39 is 0 Å². The Morgan fingerprint density at radius 3 is 2.84 bits per heavy atom. The van der Waals surface area contributed by atoms with Crippen molar-refractivity contribution >= 4 is 5.65 Å². The average Bonchev–Trinajstić information content (AvgIpc) is 2.95. The van der Waals surface area contributed by atoms with Gasteiger partial charge in [0.1, 0.15) is 5.65 Å². The third kappa shape index (κ3) is 2.34. The van der Waals surface area contributed by atoms with Gasteiger partial charge in [-0.15, -0.1) is 5.10 Å². The molecule has 0 radical (unpaired) electrons. The quantitative estimate of drug-likeness (QED) is 0.766. The summed E-state index contributed by atoms with van der Waals surface area (Å²) in [6, 6.07) is 3.96. The van der Waals surface area contributed by atoms with Gasteiger partial charge < -0.3 is 10.1 Å². The van der Waals surface area contributed by atoms with Gasteiger partial charge in [0, 0.05) is 18.4 Å². The van der Waals surface area contributed by atoms with Gasteiger partial charge in [0.2, 0.25) is 0 Å². The number of nitrogens with zero attached hydrogens (tertiary/aromatic N) is 5. The largest absolute Gasteiger partial charge is 0.323 e. The van der Waals surface area contributed by atoms with Crippen molar-refractivity contribution in [1.29, 1.82) is 0 Å². The molecule has 0 bridgehead atoms. The van der Waals surface area contributed by atoms with Crippen LogP contribution in [0.5, 0.6) is 0 Å². The number of hydrogen-bond donors (Lipinski definition) is 1. The number of fused-ring (bicyclic) bond motifs is 1. The maximum absolute atomic E-state index is 5.76. The van der Waals surface area contributed by atoms with E-state index in [2.05, 4.69) is 34.5 Å². The van der Waals surface area contributed by atoms with Gasteiger partial charge in [-0.2, -0.15) is 0 Å². The molecule has 0 fully saturated rings. The maximum Gasteiger partial charge on any atom is 0.137 e. The van der Waals surface area contributed by atoms with Crippen LogP contribution in [0.3, 0.4) is 0 Å². The molecule has 3 aromatic heterocycles. The summed E-state index contributed by atoms with van der Waals surface area (Å²) in [6.07, 6.45) is 5.93. The number of imidazole rings is 1. The van der Waals surface area contributed by atoms with Crippen LogP contribution >= 0.6 is 0 Å². The fraction of sp³-hybridized carbons (Fsp3) is 0.308. The monoisotopic (exact) mass is 256 g/mol. The average molecular weight is 256 g/mol. The van der Waals surface area contributed by atoms with Crippen LogP contribution in [-0.4, -0.2) is 24.4 Å². The Morgan fingerprint density at radius 2 is 2.11 bits per heavy atom. The highest BCUT2D eigenvalue weighted by atomic mass is 15.4. The second-order valence-electron chi connectivity index (χ2n) is 4.83. The minimum absolute atomic E-state index is 0.0996. The SMILES string of the molecule is Cc1ccc2nc(Cn3cc(C(C)N)nn3)cn2c1. The predicted octanol–water partition coefficient (Wildman–Crippen LogP) is 1.30. The number of aromatic nitrogens is 5. The molecule has 6 heteroatoms. The Morgan fingerprint density at radius 1 is 1.26 bits per heavy atom. The molecule has 0 amide bonds. The van der Waals surface area contributed by atoms with Gasteiger partial charge in [0.15, 0.2) is 0 Å². The van der Waals surface area contributed by atoms with Gasteiger partial charge in [-0.05, 0) is 25.5 Å². The summed E-state index contributed by atoms with van der Waals surface area (Å²) in [5.41, 5.74) is 9.65. The van der Waals surface area contributed by atoms with Crippen molar-refractivity contribution in [3.05, 3.63) is 47.7 Å². The molecule has 98 valence electrons. The number of aryl methyl sites for hydroxylation is 1. The van der Waals surface area contributed by atoms with E-state index in [4.69, 9.17) is 5.73 Å². The van der Waals surface area contributed by atoms with Crippen LogP contribution in [0.1, 0.15) is 29.9 Å². The highest BCUT2D eigenvalue weighted by Crippen LogP contribution is 2.09. The van der Waals surface area contributed by atoms with E-state index in [1.165, 1.54) is 5.56 Å². The Labute approximate surface area is 110 Å². The van der Waals surface area contributed by atoms with Crippen molar-refractivity contribution in [2.75, 3.05) is 0 Å². The van der Waals surface area contributed by atoms with E-state index in [-0.39, 0.29) is 6.04 Å². The Bertz CT molecular complexity index is 709. The molecule has 6 nitrogen and oxygen atoms in total. The number of rotatable bonds is 3. The molecule has 0 saturated carbocycles. The van der Waals surface area contributed by atoms with Crippen LogP contribution in [-0.2, 0) is 6.54 Å². The van der Waals surface area contributed by atoms with Crippen molar-refractivity contribution in [3.8, 4) is 0 Å². The molecule has 3 rings (SSSR count). The summed E-state index contributed by atoms with van der Waals surface area (Å²) in [7, 11) is 0. The van der Waals surface area contributed by atoms with Gasteiger partial charge in [-0.25, -0.2) is 9.67 Å². The lowest BCUT2D eigenvalue weighted by Gasteiger charge is -1.96. The summed E-state index contributed by atoms with van der Waals surface area (Å²) in [6.45, 7) is 4.55. The fourth-order valence-electron chi connectivity index (χ4n) is 2.00. The van der Waals surface area contributed by atoms with E-state index >= 15 is 0 Å². The standard InChI is InChI=1S/C13H16N6/c1-9-3-4-13-15-11(6-18(13)5-9)7-19-8-12(10(2)14)16-17-19/h3-6,8,10H,7,14H2,1-2H3. The minimum atomic E-state index is -0.0996. The molecular weight excluding hydrogens is 240 g/mol. The molecule has 3 aromatic rings. The normalized spacial score (nSPS) is 13.0. The zero-order valence-electron chi connectivity index (χ0n) is 11.0. The van der Waals surface area contributed by atoms with Crippen LogP contribution in [0.25, 0.3) is 5.65 Å². The van der Waals surface area contributed by atoms with Crippen LogP contribution in [0.4, 0.5) is 0 Å². The van der Waals surface area contributed by atoms with Crippen molar-refractivity contribution < 1.29 is 0 Å². The van der Waals surface area contributed by atoms with E-state index in [9.17, 15) is 0 Å². The molecule has 0 aliphatic rings. The fourth-order valence-corrected chi connectivity index (χ4v) is 2.00. The first-order valence-electron chi connectivity index (χ1n) is 6.21. The molecule has 0 aromatic carbocycles. The maximum atomic E-state index is 5.76. The summed E-state index contributed by atoms with van der Waals surface area (Å²) in [4.78, 5) is 4.55. The summed E-state index contributed by atoms with van der Waals surface area (Å²) >= 11 is 0. The lowest BCUT2D eigenvalue weighted by molar-refractivity contribution is 0.640. The van der Waals surface area contributed by atoms with Crippen molar-refractivity contribution in [2.24, 2.45) is 5.73 Å². The highest BCUT2D eigenvalue weighted by molar-refractivity contribution is 5.41. The van der Waals surface area contributed by atoms with E-state index in [0.29, 0.717) is 6.54 Å². The Kier molecular flexibility index (Phi) is 2.79. The molecule has 1 unspecified atom stereocenters. The van der Waals surface area contributed by atoms with Gasteiger partial charge >= 0.3 is 0 Å².